The Labute approximate surface area is 207 Å². The second-order valence-electron chi connectivity index (χ2n) is 7.71. The Morgan fingerprint density at radius 3 is 2.71 bits per heavy atom. The summed E-state index contributed by atoms with van der Waals surface area (Å²) in [5.41, 5.74) is 2.57. The van der Waals surface area contributed by atoms with Crippen LogP contribution in [0.15, 0.2) is 71.9 Å². The third-order valence-corrected chi connectivity index (χ3v) is 6.11. The van der Waals surface area contributed by atoms with Gasteiger partial charge < -0.3 is 24.8 Å². The number of benzene rings is 3. The maximum atomic E-state index is 12.5. The first-order valence-corrected chi connectivity index (χ1v) is 12.2. The van der Waals surface area contributed by atoms with Crippen LogP contribution in [0.2, 0.25) is 0 Å². The van der Waals surface area contributed by atoms with Gasteiger partial charge in [-0.25, -0.2) is 9.97 Å². The lowest BCUT2D eigenvalue weighted by Crippen LogP contribution is -2.14. The second-order valence-corrected chi connectivity index (χ2v) is 8.65. The summed E-state index contributed by atoms with van der Waals surface area (Å²) >= 11 is 1.29. The van der Waals surface area contributed by atoms with E-state index in [4.69, 9.17) is 14.2 Å². The van der Waals surface area contributed by atoms with Gasteiger partial charge in [0.25, 0.3) is 0 Å². The van der Waals surface area contributed by atoms with Crippen LogP contribution in [-0.2, 0) is 11.3 Å². The number of rotatable bonds is 9. The number of amides is 1. The third kappa shape index (κ3) is 5.58. The molecule has 178 valence electrons. The second kappa shape index (κ2) is 10.5. The molecule has 1 aliphatic heterocycles. The highest BCUT2D eigenvalue weighted by molar-refractivity contribution is 7.99. The average molecular weight is 489 g/mol. The number of hydrogen-bond acceptors (Lipinski definition) is 8. The molecule has 1 aromatic heterocycles. The zero-order chi connectivity index (χ0) is 24.0. The topological polar surface area (TPSA) is 94.6 Å². The molecule has 8 nitrogen and oxygen atoms in total. The van der Waals surface area contributed by atoms with Crippen molar-refractivity contribution in [1.29, 1.82) is 0 Å². The van der Waals surface area contributed by atoms with Gasteiger partial charge in [-0.1, -0.05) is 30.0 Å². The van der Waals surface area contributed by atoms with Gasteiger partial charge in [0.15, 0.2) is 16.7 Å². The van der Waals surface area contributed by atoms with Gasteiger partial charge in [0.05, 0.1) is 17.9 Å². The smallest absolute Gasteiger partial charge is 0.234 e. The lowest BCUT2D eigenvalue weighted by Gasteiger charge is -2.11. The van der Waals surface area contributed by atoms with Crippen LogP contribution in [-0.4, -0.2) is 35.0 Å². The normalized spacial score (nSPS) is 11.9. The van der Waals surface area contributed by atoms with Crippen LogP contribution in [0.3, 0.4) is 0 Å². The summed E-state index contributed by atoms with van der Waals surface area (Å²) in [4.78, 5) is 21.8. The van der Waals surface area contributed by atoms with Gasteiger partial charge in [-0.15, -0.1) is 0 Å². The highest BCUT2D eigenvalue weighted by Gasteiger charge is 2.14. The SMILES string of the molecule is CCOc1ccc(NC(=O)CSc2nc(NCc3ccc4c(c3)OCO4)c3ccccc3n2)cc1. The highest BCUT2D eigenvalue weighted by atomic mass is 32.2. The van der Waals surface area contributed by atoms with Crippen molar-refractivity contribution < 1.29 is 19.0 Å². The first-order valence-electron chi connectivity index (χ1n) is 11.2. The third-order valence-electron chi connectivity index (χ3n) is 5.26. The molecule has 2 heterocycles. The van der Waals surface area contributed by atoms with Crippen molar-refractivity contribution >= 4 is 40.1 Å². The summed E-state index contributed by atoms with van der Waals surface area (Å²) in [6.07, 6.45) is 0. The van der Waals surface area contributed by atoms with Gasteiger partial charge in [-0.2, -0.15) is 0 Å². The molecule has 0 aliphatic carbocycles. The number of thioether (sulfide) groups is 1. The number of fused-ring (bicyclic) bond motifs is 2. The zero-order valence-corrected chi connectivity index (χ0v) is 19.9. The van der Waals surface area contributed by atoms with E-state index in [-0.39, 0.29) is 18.5 Å². The van der Waals surface area contributed by atoms with Crippen molar-refractivity contribution in [2.75, 3.05) is 29.8 Å². The van der Waals surface area contributed by atoms with Crippen molar-refractivity contribution in [2.45, 2.75) is 18.6 Å². The molecular weight excluding hydrogens is 464 g/mol. The number of ether oxygens (including phenoxy) is 3. The summed E-state index contributed by atoms with van der Waals surface area (Å²) < 4.78 is 16.3. The molecule has 9 heteroatoms. The predicted molar refractivity (Wildman–Crippen MR) is 136 cm³/mol. The van der Waals surface area contributed by atoms with Crippen LogP contribution in [0.1, 0.15) is 12.5 Å². The molecule has 1 amide bonds. The van der Waals surface area contributed by atoms with E-state index in [2.05, 4.69) is 20.6 Å². The largest absolute Gasteiger partial charge is 0.494 e. The molecule has 0 atom stereocenters. The van der Waals surface area contributed by atoms with Crippen LogP contribution in [0.25, 0.3) is 10.9 Å². The van der Waals surface area contributed by atoms with E-state index in [0.29, 0.717) is 29.8 Å². The van der Waals surface area contributed by atoms with Gasteiger partial charge in [-0.3, -0.25) is 4.79 Å². The van der Waals surface area contributed by atoms with Crippen LogP contribution >= 0.6 is 11.8 Å². The van der Waals surface area contributed by atoms with Crippen LogP contribution in [0.5, 0.6) is 17.2 Å². The Hall–Kier alpha value is -3.98. The van der Waals surface area contributed by atoms with Gasteiger partial charge in [0.1, 0.15) is 11.6 Å². The van der Waals surface area contributed by atoms with E-state index in [1.54, 1.807) is 0 Å². The van der Waals surface area contributed by atoms with Gasteiger partial charge in [-0.05, 0) is 61.0 Å². The molecule has 0 saturated heterocycles. The standard InChI is InChI=1S/C26H24N4O4S/c1-2-32-19-10-8-18(9-11-19)28-24(31)15-35-26-29-21-6-4-3-5-20(21)25(30-26)27-14-17-7-12-22-23(13-17)34-16-33-22/h3-13H,2,14-16H2,1H3,(H,28,31)(H,27,29,30). The Balaban J connectivity index is 1.25. The molecule has 0 bridgehead atoms. The van der Waals surface area contributed by atoms with E-state index in [9.17, 15) is 4.79 Å². The Morgan fingerprint density at radius 2 is 1.86 bits per heavy atom. The molecule has 35 heavy (non-hydrogen) atoms. The van der Waals surface area contributed by atoms with Crippen LogP contribution < -0.4 is 24.8 Å². The molecular formula is C26H24N4O4S. The number of nitrogens with one attached hydrogen (secondary N) is 2. The fourth-order valence-electron chi connectivity index (χ4n) is 3.62. The van der Waals surface area contributed by atoms with Crippen molar-refractivity contribution in [3.8, 4) is 17.2 Å². The number of nitrogens with zero attached hydrogens (tertiary/aromatic N) is 2. The average Bonchev–Trinajstić information content (AvgIpc) is 3.35. The van der Waals surface area contributed by atoms with Crippen LogP contribution in [0.4, 0.5) is 11.5 Å². The molecule has 0 unspecified atom stereocenters. The minimum absolute atomic E-state index is 0.134. The molecule has 3 aromatic carbocycles. The summed E-state index contributed by atoms with van der Waals surface area (Å²) in [6, 6.07) is 21.0. The lowest BCUT2D eigenvalue weighted by atomic mass is 10.2. The molecule has 0 spiro atoms. The molecule has 4 aromatic rings. The fraction of sp³-hybridized carbons (Fsp3) is 0.192. The van der Waals surface area contributed by atoms with Crippen LogP contribution in [0, 0.1) is 0 Å². The quantitative estimate of drug-likeness (QED) is 0.248. The minimum atomic E-state index is -0.134. The summed E-state index contributed by atoms with van der Waals surface area (Å²) in [5.74, 6) is 3.03. The minimum Gasteiger partial charge on any atom is -0.494 e. The first kappa shape index (κ1) is 22.8. The molecule has 0 fully saturated rings. The number of carbonyl (C=O) groups is 1. The highest BCUT2D eigenvalue weighted by Crippen LogP contribution is 2.33. The van der Waals surface area contributed by atoms with E-state index in [1.165, 1.54) is 11.8 Å². The maximum Gasteiger partial charge on any atom is 0.234 e. The number of carbonyl (C=O) groups excluding carboxylic acids is 1. The molecule has 1 aliphatic rings. The Morgan fingerprint density at radius 1 is 1.03 bits per heavy atom. The summed E-state index contributed by atoms with van der Waals surface area (Å²) in [6.45, 7) is 3.33. The number of para-hydroxylation sites is 1. The molecule has 0 saturated carbocycles. The van der Waals surface area contributed by atoms with Crippen molar-refractivity contribution in [3.05, 3.63) is 72.3 Å². The predicted octanol–water partition coefficient (Wildman–Crippen LogP) is 5.10. The number of hydrogen-bond donors (Lipinski definition) is 2. The van der Waals surface area contributed by atoms with Crippen molar-refractivity contribution in [2.24, 2.45) is 0 Å². The Kier molecular flexibility index (Phi) is 6.85. The van der Waals surface area contributed by atoms with E-state index in [0.717, 1.165) is 33.7 Å². The van der Waals surface area contributed by atoms with Crippen molar-refractivity contribution in [3.63, 3.8) is 0 Å². The fourth-order valence-corrected chi connectivity index (χ4v) is 4.27. The Bertz CT molecular complexity index is 1350. The number of aromatic nitrogens is 2. The van der Waals surface area contributed by atoms with E-state index in [1.807, 2.05) is 73.7 Å². The van der Waals surface area contributed by atoms with E-state index >= 15 is 0 Å². The number of anilines is 2. The monoisotopic (exact) mass is 488 g/mol. The van der Waals surface area contributed by atoms with Gasteiger partial charge in [0, 0.05) is 17.6 Å². The maximum absolute atomic E-state index is 12.5. The summed E-state index contributed by atoms with van der Waals surface area (Å²) in [5, 5.41) is 7.74. The molecule has 2 N–H and O–H groups in total. The lowest BCUT2D eigenvalue weighted by molar-refractivity contribution is -0.113. The first-order chi connectivity index (χ1) is 17.2. The van der Waals surface area contributed by atoms with Gasteiger partial charge in [0.2, 0.25) is 12.7 Å². The van der Waals surface area contributed by atoms with E-state index < -0.39 is 0 Å². The molecule has 5 rings (SSSR count). The van der Waals surface area contributed by atoms with Crippen molar-refractivity contribution in [1.82, 2.24) is 9.97 Å². The molecule has 0 radical (unpaired) electrons. The zero-order valence-electron chi connectivity index (χ0n) is 19.1. The summed E-state index contributed by atoms with van der Waals surface area (Å²) in [7, 11) is 0. The van der Waals surface area contributed by atoms with Gasteiger partial charge >= 0.3 is 0 Å².